The lowest BCUT2D eigenvalue weighted by molar-refractivity contribution is -0.139. The first-order chi connectivity index (χ1) is 8.15. The van der Waals surface area contributed by atoms with Crippen molar-refractivity contribution in [1.82, 2.24) is 5.32 Å². The molecule has 0 bridgehead atoms. The first-order valence-electron chi connectivity index (χ1n) is 5.27. The van der Waals surface area contributed by atoms with Crippen LogP contribution in [0.15, 0.2) is 34.9 Å². The molecule has 17 heavy (non-hydrogen) atoms. The number of fused-ring (bicyclic) bond motifs is 1. The molecule has 2 rings (SSSR count). The summed E-state index contributed by atoms with van der Waals surface area (Å²) >= 11 is 0. The maximum Gasteiger partial charge on any atom is 0.322 e. The molecule has 5 nitrogen and oxygen atoms in total. The number of nitrogens with two attached hydrogens (primary N) is 1. The van der Waals surface area contributed by atoms with Gasteiger partial charge in [-0.25, -0.2) is 0 Å². The quantitative estimate of drug-likeness (QED) is 0.737. The molecule has 1 aromatic carbocycles. The fraction of sp³-hybridized carbons (Fsp3) is 0.250. The minimum Gasteiger partial charge on any atom is -0.480 e. The van der Waals surface area contributed by atoms with Crippen molar-refractivity contribution < 1.29 is 14.3 Å². The lowest BCUT2D eigenvalue weighted by Crippen LogP contribution is -2.43. The highest BCUT2D eigenvalue weighted by molar-refractivity contribution is 5.83. The fourth-order valence-corrected chi connectivity index (χ4v) is 1.89. The van der Waals surface area contributed by atoms with Crippen molar-refractivity contribution in [1.29, 1.82) is 0 Å². The Kier molecular flexibility index (Phi) is 3.12. The van der Waals surface area contributed by atoms with Gasteiger partial charge in [-0.3, -0.25) is 4.79 Å². The van der Waals surface area contributed by atoms with E-state index in [0.717, 1.165) is 5.39 Å². The molecule has 0 spiro atoms. The van der Waals surface area contributed by atoms with E-state index in [-0.39, 0.29) is 0 Å². The third-order valence-electron chi connectivity index (χ3n) is 2.81. The van der Waals surface area contributed by atoms with Crippen LogP contribution in [0, 0.1) is 0 Å². The van der Waals surface area contributed by atoms with Gasteiger partial charge in [0.15, 0.2) is 0 Å². The first kappa shape index (κ1) is 11.6. The van der Waals surface area contributed by atoms with Crippen LogP contribution in [0.4, 0.5) is 0 Å². The monoisotopic (exact) mass is 234 g/mol. The van der Waals surface area contributed by atoms with Crippen LogP contribution >= 0.6 is 0 Å². The Labute approximate surface area is 98.2 Å². The van der Waals surface area contributed by atoms with E-state index in [1.54, 1.807) is 7.05 Å². The minimum absolute atomic E-state index is 0.652. The Morgan fingerprint density at radius 2 is 2.18 bits per heavy atom. The van der Waals surface area contributed by atoms with Crippen molar-refractivity contribution in [3.05, 3.63) is 36.1 Å². The number of furan rings is 1. The summed E-state index contributed by atoms with van der Waals surface area (Å²) in [5, 5.41) is 12.6. The molecule has 1 aromatic heterocycles. The maximum atomic E-state index is 11.0. The molecule has 2 atom stereocenters. The average Bonchev–Trinajstić information content (AvgIpc) is 2.72. The van der Waals surface area contributed by atoms with Crippen LogP contribution in [0.2, 0.25) is 0 Å². The van der Waals surface area contributed by atoms with Gasteiger partial charge in [0.05, 0.1) is 12.3 Å². The van der Waals surface area contributed by atoms with Crippen LogP contribution in [0.3, 0.4) is 0 Å². The molecule has 0 amide bonds. The predicted octanol–water partition coefficient (Wildman–Crippen LogP) is 1.11. The first-order valence-corrected chi connectivity index (χ1v) is 5.27. The average molecular weight is 234 g/mol. The van der Waals surface area contributed by atoms with E-state index < -0.39 is 18.1 Å². The number of carboxylic acid groups (broad SMARTS) is 1. The molecule has 0 aliphatic carbocycles. The number of benzene rings is 1. The molecule has 2 aromatic rings. The summed E-state index contributed by atoms with van der Waals surface area (Å²) in [6.07, 6.45) is 1.52. The highest BCUT2D eigenvalue weighted by Crippen LogP contribution is 2.26. The van der Waals surface area contributed by atoms with Crippen LogP contribution in [0.1, 0.15) is 11.6 Å². The van der Waals surface area contributed by atoms with Gasteiger partial charge >= 0.3 is 5.97 Å². The van der Waals surface area contributed by atoms with Crippen LogP contribution in [0.25, 0.3) is 11.0 Å². The van der Waals surface area contributed by atoms with Gasteiger partial charge in [-0.1, -0.05) is 18.2 Å². The van der Waals surface area contributed by atoms with E-state index in [4.69, 9.17) is 15.3 Å². The zero-order valence-electron chi connectivity index (χ0n) is 9.38. The van der Waals surface area contributed by atoms with Crippen LogP contribution in [-0.4, -0.2) is 24.2 Å². The van der Waals surface area contributed by atoms with Crippen molar-refractivity contribution in [2.75, 3.05) is 7.05 Å². The summed E-state index contributed by atoms with van der Waals surface area (Å²) in [5.74, 6) is -0.981. The molecule has 0 radical (unpaired) electrons. The van der Waals surface area contributed by atoms with Crippen molar-refractivity contribution in [2.24, 2.45) is 5.73 Å². The van der Waals surface area contributed by atoms with Crippen molar-refractivity contribution in [2.45, 2.75) is 12.1 Å². The standard InChI is InChI=1S/C12H14N2O3/c1-14-11(12(15)16)10(13)8-6-17-9-5-3-2-4-7(8)9/h2-6,10-11,14H,13H2,1H3,(H,15,16). The van der Waals surface area contributed by atoms with Gasteiger partial charge in [-0.2, -0.15) is 0 Å². The number of carboxylic acids is 1. The summed E-state index contributed by atoms with van der Waals surface area (Å²) in [6.45, 7) is 0. The number of hydrogen-bond donors (Lipinski definition) is 3. The highest BCUT2D eigenvalue weighted by Gasteiger charge is 2.27. The molecular formula is C12H14N2O3. The number of para-hydroxylation sites is 1. The Balaban J connectivity index is 2.42. The van der Waals surface area contributed by atoms with Gasteiger partial charge in [-0.05, 0) is 13.1 Å². The lowest BCUT2D eigenvalue weighted by atomic mass is 10.00. The molecule has 0 saturated carbocycles. The third-order valence-corrected chi connectivity index (χ3v) is 2.81. The summed E-state index contributed by atoms with van der Waals surface area (Å²) in [5.41, 5.74) is 7.36. The Morgan fingerprint density at radius 1 is 1.47 bits per heavy atom. The maximum absolute atomic E-state index is 11.0. The molecule has 0 aliphatic rings. The summed E-state index contributed by atoms with van der Waals surface area (Å²) < 4.78 is 5.34. The van der Waals surface area contributed by atoms with E-state index >= 15 is 0 Å². The SMILES string of the molecule is CNC(C(=O)O)C(N)c1coc2ccccc12. The largest absolute Gasteiger partial charge is 0.480 e. The molecular weight excluding hydrogens is 220 g/mol. The third kappa shape index (κ3) is 2.02. The Bertz CT molecular complexity index is 535. The van der Waals surface area contributed by atoms with E-state index in [9.17, 15) is 4.79 Å². The van der Waals surface area contributed by atoms with Gasteiger partial charge in [0.2, 0.25) is 0 Å². The smallest absolute Gasteiger partial charge is 0.322 e. The van der Waals surface area contributed by atoms with Crippen molar-refractivity contribution in [3.8, 4) is 0 Å². The van der Waals surface area contributed by atoms with Gasteiger partial charge in [0, 0.05) is 10.9 Å². The summed E-state index contributed by atoms with van der Waals surface area (Å²) in [7, 11) is 1.57. The topological polar surface area (TPSA) is 88.5 Å². The summed E-state index contributed by atoms with van der Waals surface area (Å²) in [6, 6.07) is 5.91. The van der Waals surface area contributed by atoms with E-state index in [0.29, 0.717) is 11.1 Å². The van der Waals surface area contributed by atoms with Gasteiger partial charge in [0.25, 0.3) is 0 Å². The molecule has 0 saturated heterocycles. The van der Waals surface area contributed by atoms with Gasteiger partial charge < -0.3 is 20.6 Å². The number of hydrogen-bond acceptors (Lipinski definition) is 4. The second-order valence-corrected chi connectivity index (χ2v) is 3.82. The van der Waals surface area contributed by atoms with E-state index in [1.165, 1.54) is 6.26 Å². The molecule has 4 N–H and O–H groups in total. The molecule has 5 heteroatoms. The predicted molar refractivity (Wildman–Crippen MR) is 63.6 cm³/mol. The minimum atomic E-state index is -0.981. The Hall–Kier alpha value is -1.85. The van der Waals surface area contributed by atoms with Crippen LogP contribution in [0.5, 0.6) is 0 Å². The van der Waals surface area contributed by atoms with Crippen molar-refractivity contribution in [3.63, 3.8) is 0 Å². The molecule has 2 unspecified atom stereocenters. The second-order valence-electron chi connectivity index (χ2n) is 3.82. The molecule has 0 fully saturated rings. The van der Waals surface area contributed by atoms with Gasteiger partial charge in [-0.15, -0.1) is 0 Å². The number of rotatable bonds is 4. The number of likely N-dealkylation sites (N-methyl/N-ethyl adjacent to an activating group) is 1. The number of carbonyl (C=O) groups is 1. The molecule has 0 aliphatic heterocycles. The zero-order chi connectivity index (χ0) is 12.4. The van der Waals surface area contributed by atoms with Crippen molar-refractivity contribution >= 4 is 16.9 Å². The Morgan fingerprint density at radius 3 is 2.82 bits per heavy atom. The zero-order valence-corrected chi connectivity index (χ0v) is 9.38. The number of aliphatic carboxylic acids is 1. The second kappa shape index (κ2) is 4.57. The van der Waals surface area contributed by atoms with E-state index in [1.807, 2.05) is 24.3 Å². The molecule has 90 valence electrons. The fourth-order valence-electron chi connectivity index (χ4n) is 1.89. The van der Waals surface area contributed by atoms with Gasteiger partial charge in [0.1, 0.15) is 11.6 Å². The molecule has 1 heterocycles. The normalized spacial score (nSPS) is 14.7. The van der Waals surface area contributed by atoms with Crippen LogP contribution in [-0.2, 0) is 4.79 Å². The van der Waals surface area contributed by atoms with E-state index in [2.05, 4.69) is 5.32 Å². The number of nitrogens with one attached hydrogen (secondary N) is 1. The summed E-state index contributed by atoms with van der Waals surface area (Å²) in [4.78, 5) is 11.0. The lowest BCUT2D eigenvalue weighted by Gasteiger charge is -2.18. The highest BCUT2D eigenvalue weighted by atomic mass is 16.4. The van der Waals surface area contributed by atoms with Crippen LogP contribution < -0.4 is 11.1 Å².